The van der Waals surface area contributed by atoms with Crippen molar-refractivity contribution in [3.63, 3.8) is 0 Å². The van der Waals surface area contributed by atoms with Gasteiger partial charge in [-0.25, -0.2) is 8.51 Å². The summed E-state index contributed by atoms with van der Waals surface area (Å²) in [5.41, 5.74) is 0. The molecule has 0 aromatic heterocycles. The Kier molecular flexibility index (Phi) is 12.6. The number of hydrogen-bond donors (Lipinski definition) is 1. The number of unbranched alkanes of at least 4 members (excludes halogenated alkanes) is 7. The summed E-state index contributed by atoms with van der Waals surface area (Å²) in [6, 6.07) is 0. The van der Waals surface area contributed by atoms with Gasteiger partial charge in [0.15, 0.2) is 0 Å². The van der Waals surface area contributed by atoms with Crippen molar-refractivity contribution >= 4 is 11.3 Å². The Morgan fingerprint density at radius 1 is 0.824 bits per heavy atom. The van der Waals surface area contributed by atoms with E-state index in [4.69, 9.17) is 4.55 Å². The average molecular weight is 263 g/mol. The predicted octanol–water partition coefficient (Wildman–Crippen LogP) is 3.98. The van der Waals surface area contributed by atoms with Gasteiger partial charge in [-0.3, -0.25) is 4.55 Å². The molecular weight excluding hydrogens is 234 g/mol. The van der Waals surface area contributed by atoms with Crippen LogP contribution < -0.4 is 0 Å². The lowest BCUT2D eigenvalue weighted by atomic mass is 10.1. The van der Waals surface area contributed by atoms with Crippen molar-refractivity contribution in [1.82, 2.24) is 4.31 Å². The van der Waals surface area contributed by atoms with E-state index < -0.39 is 11.3 Å². The third kappa shape index (κ3) is 10.9. The van der Waals surface area contributed by atoms with E-state index in [1.54, 1.807) is 4.31 Å². The Hall–Kier alpha value is 0.0700. The molecule has 0 aliphatic rings. The Morgan fingerprint density at radius 2 is 1.24 bits per heavy atom. The van der Waals surface area contributed by atoms with Crippen molar-refractivity contribution in [2.75, 3.05) is 13.1 Å². The lowest BCUT2D eigenvalue weighted by Gasteiger charge is -2.17. The molecule has 0 heterocycles. The molecule has 1 unspecified atom stereocenters. The first-order valence-electron chi connectivity index (χ1n) is 7.08. The molecule has 0 radical (unpaired) electrons. The van der Waals surface area contributed by atoms with E-state index in [1.165, 1.54) is 32.1 Å². The maximum atomic E-state index is 11.1. The van der Waals surface area contributed by atoms with Gasteiger partial charge in [0.05, 0.1) is 0 Å². The first kappa shape index (κ1) is 17.1. The van der Waals surface area contributed by atoms with Crippen LogP contribution in [0.1, 0.15) is 71.6 Å². The average Bonchev–Trinajstić information content (AvgIpc) is 2.31. The number of rotatable bonds is 12. The van der Waals surface area contributed by atoms with E-state index in [0.29, 0.717) is 0 Å². The first-order valence-corrected chi connectivity index (χ1v) is 8.14. The van der Waals surface area contributed by atoms with E-state index in [2.05, 4.69) is 13.8 Å². The normalized spacial score (nSPS) is 13.2. The summed E-state index contributed by atoms with van der Waals surface area (Å²) in [7, 11) is 0. The lowest BCUT2D eigenvalue weighted by molar-refractivity contribution is 0.375. The summed E-state index contributed by atoms with van der Waals surface area (Å²) in [5.74, 6) is 0. The molecule has 1 N–H and O–H groups in total. The molecule has 0 aliphatic heterocycles. The van der Waals surface area contributed by atoms with Crippen molar-refractivity contribution < 1.29 is 8.76 Å². The zero-order chi connectivity index (χ0) is 12.9. The topological polar surface area (TPSA) is 40.5 Å². The standard InChI is InChI=1S/C13H29NO2S/c1-3-5-7-8-9-11-13-14(17(15)16)12-10-6-4-2/h3-13H2,1-2H3,(H,15,16). The first-order chi connectivity index (χ1) is 8.22. The molecule has 0 rings (SSSR count). The van der Waals surface area contributed by atoms with Gasteiger partial charge in [0.2, 0.25) is 11.3 Å². The largest absolute Gasteiger partial charge is 0.294 e. The van der Waals surface area contributed by atoms with E-state index in [1.807, 2.05) is 0 Å². The third-order valence-electron chi connectivity index (χ3n) is 2.99. The van der Waals surface area contributed by atoms with Crippen LogP contribution in [0.15, 0.2) is 0 Å². The quantitative estimate of drug-likeness (QED) is 0.427. The molecule has 0 saturated carbocycles. The maximum Gasteiger partial charge on any atom is 0.234 e. The molecule has 0 spiro atoms. The van der Waals surface area contributed by atoms with Gasteiger partial charge in [0, 0.05) is 13.1 Å². The summed E-state index contributed by atoms with van der Waals surface area (Å²) in [4.78, 5) is 0. The summed E-state index contributed by atoms with van der Waals surface area (Å²) in [5, 5.41) is 0. The fraction of sp³-hybridized carbons (Fsp3) is 1.00. The molecule has 0 saturated heterocycles. The Labute approximate surface area is 109 Å². The van der Waals surface area contributed by atoms with Gasteiger partial charge in [-0.2, -0.15) is 0 Å². The van der Waals surface area contributed by atoms with Crippen LogP contribution in [0.3, 0.4) is 0 Å². The SMILES string of the molecule is CCCCCCCCN(CCCCC)S(=O)O. The molecule has 1 atom stereocenters. The van der Waals surface area contributed by atoms with Gasteiger partial charge in [-0.15, -0.1) is 0 Å². The number of nitrogens with zero attached hydrogens (tertiary/aromatic N) is 1. The van der Waals surface area contributed by atoms with Crippen LogP contribution in [0, 0.1) is 0 Å². The molecule has 0 bridgehead atoms. The van der Waals surface area contributed by atoms with Gasteiger partial charge in [-0.05, 0) is 12.8 Å². The third-order valence-corrected chi connectivity index (χ3v) is 3.80. The van der Waals surface area contributed by atoms with Crippen LogP contribution >= 0.6 is 0 Å². The molecule has 104 valence electrons. The van der Waals surface area contributed by atoms with Gasteiger partial charge in [-0.1, -0.05) is 58.8 Å². The predicted molar refractivity (Wildman–Crippen MR) is 75.2 cm³/mol. The monoisotopic (exact) mass is 263 g/mol. The molecule has 0 aromatic rings. The van der Waals surface area contributed by atoms with Crippen LogP contribution in [-0.4, -0.2) is 26.2 Å². The smallest absolute Gasteiger partial charge is 0.234 e. The van der Waals surface area contributed by atoms with Crippen LogP contribution in [0.4, 0.5) is 0 Å². The van der Waals surface area contributed by atoms with Crippen molar-refractivity contribution in [2.45, 2.75) is 71.6 Å². The highest BCUT2D eigenvalue weighted by molar-refractivity contribution is 7.76. The van der Waals surface area contributed by atoms with Crippen molar-refractivity contribution in [3.8, 4) is 0 Å². The zero-order valence-corrected chi connectivity index (χ0v) is 12.3. The molecule has 0 aliphatic carbocycles. The van der Waals surface area contributed by atoms with E-state index >= 15 is 0 Å². The van der Waals surface area contributed by atoms with Crippen LogP contribution in [0.5, 0.6) is 0 Å². The minimum absolute atomic E-state index is 0.756. The molecule has 3 nitrogen and oxygen atoms in total. The van der Waals surface area contributed by atoms with Gasteiger partial charge >= 0.3 is 0 Å². The number of hydrogen-bond acceptors (Lipinski definition) is 1. The molecule has 0 aromatic carbocycles. The minimum Gasteiger partial charge on any atom is -0.294 e. The van der Waals surface area contributed by atoms with Crippen molar-refractivity contribution in [2.24, 2.45) is 0 Å². The van der Waals surface area contributed by atoms with E-state index in [0.717, 1.165) is 38.8 Å². The van der Waals surface area contributed by atoms with Crippen LogP contribution in [0.25, 0.3) is 0 Å². The highest BCUT2D eigenvalue weighted by Gasteiger charge is 2.09. The molecule has 0 amide bonds. The summed E-state index contributed by atoms with van der Waals surface area (Å²) >= 11 is -1.78. The van der Waals surface area contributed by atoms with Crippen molar-refractivity contribution in [3.05, 3.63) is 0 Å². The second-order valence-corrected chi connectivity index (χ2v) is 5.61. The summed E-state index contributed by atoms with van der Waals surface area (Å²) in [6.45, 7) is 5.88. The lowest BCUT2D eigenvalue weighted by Crippen LogP contribution is -2.27. The highest BCUT2D eigenvalue weighted by atomic mass is 32.2. The Morgan fingerprint density at radius 3 is 1.76 bits per heavy atom. The maximum absolute atomic E-state index is 11.1. The fourth-order valence-electron chi connectivity index (χ4n) is 1.87. The second-order valence-electron chi connectivity index (χ2n) is 4.63. The molecule has 0 fully saturated rings. The van der Waals surface area contributed by atoms with Crippen molar-refractivity contribution in [1.29, 1.82) is 0 Å². The van der Waals surface area contributed by atoms with Crippen LogP contribution in [-0.2, 0) is 11.3 Å². The van der Waals surface area contributed by atoms with E-state index in [9.17, 15) is 4.21 Å². The van der Waals surface area contributed by atoms with E-state index in [-0.39, 0.29) is 0 Å². The Bertz CT molecular complexity index is 188. The Balaban J connectivity index is 3.52. The van der Waals surface area contributed by atoms with Gasteiger partial charge in [0.25, 0.3) is 0 Å². The van der Waals surface area contributed by atoms with Gasteiger partial charge < -0.3 is 0 Å². The van der Waals surface area contributed by atoms with Crippen LogP contribution in [0.2, 0.25) is 0 Å². The molecule has 4 heteroatoms. The molecular formula is C13H29NO2S. The molecule has 17 heavy (non-hydrogen) atoms. The highest BCUT2D eigenvalue weighted by Crippen LogP contribution is 2.07. The minimum atomic E-state index is -1.78. The van der Waals surface area contributed by atoms with Gasteiger partial charge in [0.1, 0.15) is 0 Å². The summed E-state index contributed by atoms with van der Waals surface area (Å²) < 4.78 is 21.9. The zero-order valence-electron chi connectivity index (χ0n) is 11.5. The second kappa shape index (κ2) is 12.5. The summed E-state index contributed by atoms with van der Waals surface area (Å²) in [6.07, 6.45) is 10.7. The fourth-order valence-corrected chi connectivity index (χ4v) is 2.45.